The van der Waals surface area contributed by atoms with Gasteiger partial charge in [0.05, 0.1) is 0 Å². The summed E-state index contributed by atoms with van der Waals surface area (Å²) in [7, 11) is 0. The standard InChI is InChI=1S/C16H14F3N/c17-14-6-3-11(8-16(14)19)10-1-2-12(15(18)7-10)9-20-13-4-5-13/h1-3,6-8,13,20H,4-5,9H2. The lowest BCUT2D eigenvalue weighted by molar-refractivity contribution is 0.509. The second-order valence-electron chi connectivity index (χ2n) is 5.09. The van der Waals surface area contributed by atoms with Crippen LogP contribution in [0.25, 0.3) is 11.1 Å². The second-order valence-corrected chi connectivity index (χ2v) is 5.09. The molecule has 2 aromatic rings. The van der Waals surface area contributed by atoms with Gasteiger partial charge in [-0.1, -0.05) is 18.2 Å². The smallest absolute Gasteiger partial charge is 0.159 e. The van der Waals surface area contributed by atoms with Crippen molar-refractivity contribution in [2.24, 2.45) is 0 Å². The molecule has 0 aromatic heterocycles. The molecular weight excluding hydrogens is 263 g/mol. The number of halogens is 3. The molecule has 0 saturated heterocycles. The third-order valence-corrected chi connectivity index (χ3v) is 3.46. The molecule has 20 heavy (non-hydrogen) atoms. The van der Waals surface area contributed by atoms with Gasteiger partial charge in [-0.3, -0.25) is 0 Å². The highest BCUT2D eigenvalue weighted by atomic mass is 19.2. The lowest BCUT2D eigenvalue weighted by atomic mass is 10.0. The first-order valence-electron chi connectivity index (χ1n) is 6.61. The highest BCUT2D eigenvalue weighted by Gasteiger charge is 2.20. The van der Waals surface area contributed by atoms with Crippen LogP contribution in [0.15, 0.2) is 36.4 Å². The normalized spacial score (nSPS) is 14.6. The highest BCUT2D eigenvalue weighted by molar-refractivity contribution is 5.63. The maximum Gasteiger partial charge on any atom is 0.159 e. The number of benzene rings is 2. The first kappa shape index (κ1) is 13.2. The van der Waals surface area contributed by atoms with E-state index in [1.54, 1.807) is 12.1 Å². The van der Waals surface area contributed by atoms with Crippen LogP contribution in [0.2, 0.25) is 0 Å². The lowest BCUT2D eigenvalue weighted by Gasteiger charge is -2.08. The van der Waals surface area contributed by atoms with E-state index >= 15 is 0 Å². The number of hydrogen-bond donors (Lipinski definition) is 1. The van der Waals surface area contributed by atoms with Gasteiger partial charge in [-0.2, -0.15) is 0 Å². The third kappa shape index (κ3) is 2.85. The lowest BCUT2D eigenvalue weighted by Crippen LogP contribution is -2.16. The molecule has 0 bridgehead atoms. The quantitative estimate of drug-likeness (QED) is 0.890. The predicted molar refractivity (Wildman–Crippen MR) is 71.6 cm³/mol. The van der Waals surface area contributed by atoms with Crippen LogP contribution in [0, 0.1) is 17.5 Å². The van der Waals surface area contributed by atoms with Gasteiger partial charge in [-0.25, -0.2) is 13.2 Å². The Balaban J connectivity index is 1.82. The molecule has 0 spiro atoms. The first-order valence-corrected chi connectivity index (χ1v) is 6.61. The molecule has 0 atom stereocenters. The van der Waals surface area contributed by atoms with E-state index in [1.807, 2.05) is 0 Å². The molecule has 0 aliphatic heterocycles. The van der Waals surface area contributed by atoms with Gasteiger partial charge in [0.25, 0.3) is 0 Å². The van der Waals surface area contributed by atoms with Gasteiger partial charge in [0, 0.05) is 18.2 Å². The Kier molecular flexibility index (Phi) is 3.49. The topological polar surface area (TPSA) is 12.0 Å². The monoisotopic (exact) mass is 277 g/mol. The van der Waals surface area contributed by atoms with Crippen LogP contribution < -0.4 is 5.32 Å². The van der Waals surface area contributed by atoms with Gasteiger partial charge >= 0.3 is 0 Å². The zero-order chi connectivity index (χ0) is 14.1. The minimum absolute atomic E-state index is 0.333. The molecule has 0 radical (unpaired) electrons. The van der Waals surface area contributed by atoms with Crippen LogP contribution in [0.5, 0.6) is 0 Å². The molecule has 4 heteroatoms. The van der Waals surface area contributed by atoms with E-state index in [1.165, 1.54) is 12.1 Å². The van der Waals surface area contributed by atoms with Crippen molar-refractivity contribution >= 4 is 0 Å². The van der Waals surface area contributed by atoms with Gasteiger partial charge in [0.15, 0.2) is 11.6 Å². The van der Waals surface area contributed by atoms with Crippen molar-refractivity contribution in [3.63, 3.8) is 0 Å². The average molecular weight is 277 g/mol. The molecular formula is C16H14F3N. The van der Waals surface area contributed by atoms with E-state index in [9.17, 15) is 13.2 Å². The maximum absolute atomic E-state index is 14.0. The van der Waals surface area contributed by atoms with E-state index in [4.69, 9.17) is 0 Å². The Morgan fingerprint density at radius 3 is 2.10 bits per heavy atom. The van der Waals surface area contributed by atoms with Crippen molar-refractivity contribution in [1.29, 1.82) is 0 Å². The molecule has 1 aliphatic carbocycles. The van der Waals surface area contributed by atoms with E-state index in [2.05, 4.69) is 5.32 Å². The molecule has 0 heterocycles. The molecule has 104 valence electrons. The molecule has 2 aromatic carbocycles. The first-order chi connectivity index (χ1) is 9.63. The van der Waals surface area contributed by atoms with Crippen molar-refractivity contribution in [3.05, 3.63) is 59.4 Å². The highest BCUT2D eigenvalue weighted by Crippen LogP contribution is 2.25. The Labute approximate surface area is 115 Å². The Bertz CT molecular complexity index is 636. The summed E-state index contributed by atoms with van der Waals surface area (Å²) in [4.78, 5) is 0. The maximum atomic E-state index is 14.0. The van der Waals surface area contributed by atoms with Crippen molar-refractivity contribution < 1.29 is 13.2 Å². The second kappa shape index (κ2) is 5.29. The van der Waals surface area contributed by atoms with Crippen LogP contribution in [-0.2, 0) is 6.54 Å². The fourth-order valence-corrected chi connectivity index (χ4v) is 2.09. The molecule has 1 saturated carbocycles. The summed E-state index contributed by atoms with van der Waals surface area (Å²) in [6, 6.07) is 8.84. The van der Waals surface area contributed by atoms with Crippen molar-refractivity contribution in [2.75, 3.05) is 0 Å². The summed E-state index contributed by atoms with van der Waals surface area (Å²) in [6.45, 7) is 0.495. The van der Waals surface area contributed by atoms with Gasteiger partial charge in [-0.05, 0) is 42.2 Å². The fraction of sp³-hybridized carbons (Fsp3) is 0.250. The van der Waals surface area contributed by atoms with Gasteiger partial charge < -0.3 is 5.32 Å². The summed E-state index contributed by atoms with van der Waals surface area (Å²) in [6.07, 6.45) is 2.29. The molecule has 0 unspecified atom stereocenters. The SMILES string of the molecule is Fc1ccc(-c2ccc(CNC3CC3)c(F)c2)cc1F. The summed E-state index contributed by atoms with van der Waals surface area (Å²) in [5.74, 6) is -2.16. The fourth-order valence-electron chi connectivity index (χ4n) is 2.09. The third-order valence-electron chi connectivity index (χ3n) is 3.46. The van der Waals surface area contributed by atoms with Crippen LogP contribution >= 0.6 is 0 Å². The van der Waals surface area contributed by atoms with E-state index in [0.717, 1.165) is 25.0 Å². The molecule has 0 amide bonds. The summed E-state index contributed by atoms with van der Waals surface area (Å²) in [5, 5.41) is 3.24. The molecule has 1 aliphatic rings. The van der Waals surface area contributed by atoms with Gasteiger partial charge in [0.2, 0.25) is 0 Å². The van der Waals surface area contributed by atoms with Crippen LogP contribution in [0.1, 0.15) is 18.4 Å². The molecule has 1 fully saturated rings. The zero-order valence-corrected chi connectivity index (χ0v) is 10.8. The van der Waals surface area contributed by atoms with Crippen LogP contribution in [0.3, 0.4) is 0 Å². The Morgan fingerprint density at radius 1 is 0.850 bits per heavy atom. The largest absolute Gasteiger partial charge is 0.310 e. The van der Waals surface area contributed by atoms with Crippen molar-refractivity contribution in [3.8, 4) is 11.1 Å². The van der Waals surface area contributed by atoms with Gasteiger partial charge in [0.1, 0.15) is 5.82 Å². The van der Waals surface area contributed by atoms with Crippen molar-refractivity contribution in [1.82, 2.24) is 5.32 Å². The molecule has 1 nitrogen and oxygen atoms in total. The van der Waals surface area contributed by atoms with Crippen molar-refractivity contribution in [2.45, 2.75) is 25.4 Å². The number of nitrogens with one attached hydrogen (secondary N) is 1. The van der Waals surface area contributed by atoms with Crippen LogP contribution in [-0.4, -0.2) is 6.04 Å². The van der Waals surface area contributed by atoms with Gasteiger partial charge in [-0.15, -0.1) is 0 Å². The summed E-state index contributed by atoms with van der Waals surface area (Å²) >= 11 is 0. The average Bonchev–Trinajstić information content (AvgIpc) is 3.24. The Hall–Kier alpha value is -1.81. The number of hydrogen-bond acceptors (Lipinski definition) is 1. The Morgan fingerprint density at radius 2 is 1.50 bits per heavy atom. The van der Waals surface area contributed by atoms with E-state index < -0.39 is 11.6 Å². The predicted octanol–water partition coefficient (Wildman–Crippen LogP) is 4.02. The molecule has 3 rings (SSSR count). The molecule has 1 N–H and O–H groups in total. The summed E-state index contributed by atoms with van der Waals surface area (Å²) in [5.41, 5.74) is 1.59. The minimum Gasteiger partial charge on any atom is -0.310 e. The van der Waals surface area contributed by atoms with Crippen LogP contribution in [0.4, 0.5) is 13.2 Å². The van der Waals surface area contributed by atoms with E-state index in [-0.39, 0.29) is 5.82 Å². The summed E-state index contributed by atoms with van der Waals surface area (Å²) < 4.78 is 40.0. The zero-order valence-electron chi connectivity index (χ0n) is 10.8. The minimum atomic E-state index is -0.928. The van der Waals surface area contributed by atoms with E-state index in [0.29, 0.717) is 29.3 Å². The number of rotatable bonds is 4.